The number of aromatic nitrogens is 2. The van der Waals surface area contributed by atoms with E-state index in [0.717, 1.165) is 31.5 Å². The van der Waals surface area contributed by atoms with Crippen LogP contribution in [0, 0.1) is 5.92 Å². The molecule has 0 aliphatic heterocycles. The van der Waals surface area contributed by atoms with E-state index in [1.54, 1.807) is 13.2 Å². The molecule has 0 unspecified atom stereocenters. The molecule has 1 aromatic heterocycles. The van der Waals surface area contributed by atoms with E-state index in [9.17, 15) is 0 Å². The summed E-state index contributed by atoms with van der Waals surface area (Å²) in [6, 6.07) is 0. The van der Waals surface area contributed by atoms with Gasteiger partial charge in [0, 0.05) is 39.1 Å². The van der Waals surface area contributed by atoms with Gasteiger partial charge in [-0.25, -0.2) is 4.98 Å². The molecule has 0 aliphatic carbocycles. The van der Waals surface area contributed by atoms with Gasteiger partial charge in [0.25, 0.3) is 0 Å². The molecule has 5 nitrogen and oxygen atoms in total. The van der Waals surface area contributed by atoms with Crippen molar-refractivity contribution < 1.29 is 0 Å². The maximum atomic E-state index is 4.19. The Morgan fingerprint density at radius 2 is 2.11 bits per heavy atom. The van der Waals surface area contributed by atoms with Crippen LogP contribution in [-0.2, 0) is 6.54 Å². The topological polar surface area (TPSA) is 54.2 Å². The van der Waals surface area contributed by atoms with E-state index < -0.39 is 0 Å². The molecule has 1 heterocycles. The SMILES string of the molecule is CN=C(NCCCC(C)C)NCCn1ccnc1. The maximum Gasteiger partial charge on any atom is 0.191 e. The fourth-order valence-electron chi connectivity index (χ4n) is 1.66. The first-order valence-electron chi connectivity index (χ1n) is 6.62. The van der Waals surface area contributed by atoms with Crippen molar-refractivity contribution in [3.63, 3.8) is 0 Å². The smallest absolute Gasteiger partial charge is 0.191 e. The van der Waals surface area contributed by atoms with Gasteiger partial charge in [0.2, 0.25) is 0 Å². The molecule has 102 valence electrons. The molecule has 0 saturated carbocycles. The normalized spacial score (nSPS) is 11.9. The predicted molar refractivity (Wildman–Crippen MR) is 75.7 cm³/mol. The first-order chi connectivity index (χ1) is 8.72. The lowest BCUT2D eigenvalue weighted by Gasteiger charge is -2.12. The van der Waals surface area contributed by atoms with Gasteiger partial charge >= 0.3 is 0 Å². The lowest BCUT2D eigenvalue weighted by molar-refractivity contribution is 0.548. The summed E-state index contributed by atoms with van der Waals surface area (Å²) in [5.74, 6) is 1.64. The number of hydrogen-bond acceptors (Lipinski definition) is 2. The standard InChI is InChI=1S/C13H25N5/c1-12(2)5-4-6-16-13(14-3)17-8-10-18-9-7-15-11-18/h7,9,11-12H,4-6,8,10H2,1-3H3,(H2,14,16,17). The molecule has 0 saturated heterocycles. The van der Waals surface area contributed by atoms with Crippen molar-refractivity contribution in [2.75, 3.05) is 20.1 Å². The van der Waals surface area contributed by atoms with Crippen LogP contribution >= 0.6 is 0 Å². The number of hydrogen-bond donors (Lipinski definition) is 2. The Kier molecular flexibility index (Phi) is 6.91. The van der Waals surface area contributed by atoms with Gasteiger partial charge in [0.1, 0.15) is 0 Å². The summed E-state index contributed by atoms with van der Waals surface area (Å²) in [5.41, 5.74) is 0. The zero-order chi connectivity index (χ0) is 13.2. The summed E-state index contributed by atoms with van der Waals surface area (Å²) < 4.78 is 2.04. The molecule has 1 aromatic rings. The molecular formula is C13H25N5. The van der Waals surface area contributed by atoms with E-state index in [1.165, 1.54) is 12.8 Å². The van der Waals surface area contributed by atoms with Crippen LogP contribution < -0.4 is 10.6 Å². The number of nitrogens with zero attached hydrogens (tertiary/aromatic N) is 3. The number of aliphatic imine (C=N–C) groups is 1. The second-order valence-corrected chi connectivity index (χ2v) is 4.76. The summed E-state index contributed by atoms with van der Waals surface area (Å²) in [5, 5.41) is 6.60. The highest BCUT2D eigenvalue weighted by atomic mass is 15.2. The van der Waals surface area contributed by atoms with E-state index in [0.29, 0.717) is 0 Å². The fourth-order valence-corrected chi connectivity index (χ4v) is 1.66. The zero-order valence-electron chi connectivity index (χ0n) is 11.7. The van der Waals surface area contributed by atoms with Gasteiger partial charge in [0.05, 0.1) is 6.33 Å². The fraction of sp³-hybridized carbons (Fsp3) is 0.692. The highest BCUT2D eigenvalue weighted by molar-refractivity contribution is 5.79. The first-order valence-corrected chi connectivity index (χ1v) is 6.62. The van der Waals surface area contributed by atoms with E-state index in [-0.39, 0.29) is 0 Å². The molecule has 0 amide bonds. The molecule has 0 atom stereocenters. The number of rotatable bonds is 7. The largest absolute Gasteiger partial charge is 0.356 e. The average Bonchev–Trinajstić information content (AvgIpc) is 2.85. The predicted octanol–water partition coefficient (Wildman–Crippen LogP) is 1.48. The molecule has 18 heavy (non-hydrogen) atoms. The Hall–Kier alpha value is -1.52. The highest BCUT2D eigenvalue weighted by Gasteiger charge is 1.98. The Labute approximate surface area is 110 Å². The number of imidazole rings is 1. The van der Waals surface area contributed by atoms with Gasteiger partial charge in [-0.2, -0.15) is 0 Å². The number of guanidine groups is 1. The van der Waals surface area contributed by atoms with Crippen LogP contribution in [0.2, 0.25) is 0 Å². The van der Waals surface area contributed by atoms with E-state index in [1.807, 2.05) is 17.1 Å². The molecule has 5 heteroatoms. The lowest BCUT2D eigenvalue weighted by atomic mass is 10.1. The minimum Gasteiger partial charge on any atom is -0.356 e. The average molecular weight is 251 g/mol. The van der Waals surface area contributed by atoms with E-state index in [2.05, 4.69) is 34.5 Å². The molecule has 2 N–H and O–H groups in total. The molecule has 0 spiro atoms. The third-order valence-corrected chi connectivity index (χ3v) is 2.70. The van der Waals surface area contributed by atoms with Crippen molar-refractivity contribution in [2.24, 2.45) is 10.9 Å². The summed E-state index contributed by atoms with van der Waals surface area (Å²) in [6.45, 7) is 7.21. The van der Waals surface area contributed by atoms with Crippen LogP contribution in [0.4, 0.5) is 0 Å². The first kappa shape index (κ1) is 14.5. The minimum absolute atomic E-state index is 0.767. The Morgan fingerprint density at radius 3 is 2.72 bits per heavy atom. The number of nitrogens with one attached hydrogen (secondary N) is 2. The summed E-state index contributed by atoms with van der Waals surface area (Å²) in [6.07, 6.45) is 8.00. The molecule has 0 aromatic carbocycles. The van der Waals surface area contributed by atoms with Gasteiger partial charge in [-0.1, -0.05) is 13.8 Å². The van der Waals surface area contributed by atoms with E-state index >= 15 is 0 Å². The van der Waals surface area contributed by atoms with Gasteiger partial charge in [-0.3, -0.25) is 4.99 Å². The second kappa shape index (κ2) is 8.55. The second-order valence-electron chi connectivity index (χ2n) is 4.76. The third-order valence-electron chi connectivity index (χ3n) is 2.70. The van der Waals surface area contributed by atoms with Gasteiger partial charge in [0.15, 0.2) is 5.96 Å². The van der Waals surface area contributed by atoms with Gasteiger partial charge < -0.3 is 15.2 Å². The maximum absolute atomic E-state index is 4.19. The van der Waals surface area contributed by atoms with Crippen LogP contribution in [0.25, 0.3) is 0 Å². The summed E-state index contributed by atoms with van der Waals surface area (Å²) in [4.78, 5) is 8.20. The van der Waals surface area contributed by atoms with Crippen LogP contribution in [-0.4, -0.2) is 35.6 Å². The van der Waals surface area contributed by atoms with E-state index in [4.69, 9.17) is 0 Å². The monoisotopic (exact) mass is 251 g/mol. The highest BCUT2D eigenvalue weighted by Crippen LogP contribution is 2.01. The molecule has 0 bridgehead atoms. The Balaban J connectivity index is 2.10. The van der Waals surface area contributed by atoms with Crippen LogP contribution in [0.3, 0.4) is 0 Å². The third kappa shape index (κ3) is 6.27. The van der Waals surface area contributed by atoms with Crippen molar-refractivity contribution in [1.29, 1.82) is 0 Å². The summed E-state index contributed by atoms with van der Waals surface area (Å²) >= 11 is 0. The van der Waals surface area contributed by atoms with Crippen LogP contribution in [0.1, 0.15) is 26.7 Å². The molecular weight excluding hydrogens is 226 g/mol. The van der Waals surface area contributed by atoms with Crippen molar-refractivity contribution in [1.82, 2.24) is 20.2 Å². The van der Waals surface area contributed by atoms with Crippen LogP contribution in [0.5, 0.6) is 0 Å². The van der Waals surface area contributed by atoms with Crippen LogP contribution in [0.15, 0.2) is 23.7 Å². The summed E-state index contributed by atoms with van der Waals surface area (Å²) in [7, 11) is 1.80. The van der Waals surface area contributed by atoms with Crippen molar-refractivity contribution in [2.45, 2.75) is 33.2 Å². The van der Waals surface area contributed by atoms with Crippen molar-refractivity contribution >= 4 is 5.96 Å². The van der Waals surface area contributed by atoms with Gasteiger partial charge in [-0.05, 0) is 18.8 Å². The quantitative estimate of drug-likeness (QED) is 0.438. The van der Waals surface area contributed by atoms with Crippen molar-refractivity contribution in [3.8, 4) is 0 Å². The Morgan fingerprint density at radius 1 is 1.33 bits per heavy atom. The molecule has 0 radical (unpaired) electrons. The Bertz CT molecular complexity index is 329. The van der Waals surface area contributed by atoms with Gasteiger partial charge in [-0.15, -0.1) is 0 Å². The minimum atomic E-state index is 0.767. The molecule has 1 rings (SSSR count). The zero-order valence-corrected chi connectivity index (χ0v) is 11.7. The van der Waals surface area contributed by atoms with Crippen molar-refractivity contribution in [3.05, 3.63) is 18.7 Å². The molecule has 0 aliphatic rings. The lowest BCUT2D eigenvalue weighted by Crippen LogP contribution is -2.39. The molecule has 0 fully saturated rings.